The third kappa shape index (κ3) is 1.35. The summed E-state index contributed by atoms with van der Waals surface area (Å²) in [5, 5.41) is 5.28. The minimum Gasteiger partial charge on any atom is -0.298 e. The summed E-state index contributed by atoms with van der Waals surface area (Å²) >= 11 is 3.37. The Kier molecular flexibility index (Phi) is 2.37. The molecule has 0 N–H and O–H groups in total. The van der Waals surface area contributed by atoms with E-state index in [2.05, 4.69) is 21.0 Å². The third-order valence-corrected chi connectivity index (χ3v) is 2.75. The molecule has 0 aliphatic rings. The first-order valence-corrected chi connectivity index (χ1v) is 5.16. The molecule has 1 aromatic carbocycles. The second-order valence-corrected chi connectivity index (χ2v) is 3.75. The van der Waals surface area contributed by atoms with Crippen molar-refractivity contribution in [3.63, 3.8) is 0 Å². The quantitative estimate of drug-likeness (QED) is 0.771. The zero-order valence-corrected chi connectivity index (χ0v) is 9.28. The van der Waals surface area contributed by atoms with Gasteiger partial charge in [-0.2, -0.15) is 5.10 Å². The lowest BCUT2D eigenvalue weighted by Gasteiger charge is -1.97. The molecule has 0 aliphatic carbocycles. The number of nitrogens with zero attached hydrogens (tertiary/aromatic N) is 2. The highest BCUT2D eigenvalue weighted by Crippen LogP contribution is 2.23. The summed E-state index contributed by atoms with van der Waals surface area (Å²) in [5.41, 5.74) is 1.72. The highest BCUT2D eigenvalue weighted by Gasteiger charge is 2.07. The first kappa shape index (κ1) is 9.40. The zero-order valence-electron chi connectivity index (χ0n) is 7.70. The topological polar surface area (TPSA) is 34.9 Å². The van der Waals surface area contributed by atoms with Gasteiger partial charge in [-0.05, 0) is 41.1 Å². The van der Waals surface area contributed by atoms with Gasteiger partial charge in [-0.1, -0.05) is 0 Å². The molecule has 0 amide bonds. The van der Waals surface area contributed by atoms with E-state index in [0.717, 1.165) is 28.3 Å². The van der Waals surface area contributed by atoms with Crippen LogP contribution in [0.5, 0.6) is 0 Å². The number of aryl methyl sites for hydroxylation is 1. The molecule has 72 valence electrons. The van der Waals surface area contributed by atoms with Crippen LogP contribution in [0.2, 0.25) is 0 Å². The lowest BCUT2D eigenvalue weighted by molar-refractivity contribution is 0.112. The molecular weight excluding hydrogens is 244 g/mol. The molecule has 4 heteroatoms. The average molecular weight is 253 g/mol. The van der Waals surface area contributed by atoms with Crippen molar-refractivity contribution in [2.75, 3.05) is 0 Å². The van der Waals surface area contributed by atoms with E-state index in [-0.39, 0.29) is 0 Å². The lowest BCUT2D eigenvalue weighted by atomic mass is 10.2. The Hall–Kier alpha value is -1.16. The van der Waals surface area contributed by atoms with E-state index in [1.165, 1.54) is 0 Å². The monoisotopic (exact) mass is 252 g/mol. The Morgan fingerprint density at radius 1 is 1.57 bits per heavy atom. The molecule has 0 saturated carbocycles. The number of hydrogen-bond acceptors (Lipinski definition) is 2. The summed E-state index contributed by atoms with van der Waals surface area (Å²) < 4.78 is 2.69. The standard InChI is InChI=1S/C10H9BrN2O/c1-2-13-9-4-3-7(6-14)5-8(9)10(11)12-13/h3-6H,2H2,1H3. The van der Waals surface area contributed by atoms with Crippen LogP contribution in [0, 0.1) is 0 Å². The predicted molar refractivity (Wildman–Crippen MR) is 58.5 cm³/mol. The van der Waals surface area contributed by atoms with Crippen molar-refractivity contribution in [3.8, 4) is 0 Å². The molecule has 0 radical (unpaired) electrons. The van der Waals surface area contributed by atoms with E-state index in [9.17, 15) is 4.79 Å². The van der Waals surface area contributed by atoms with E-state index < -0.39 is 0 Å². The van der Waals surface area contributed by atoms with Gasteiger partial charge in [0.1, 0.15) is 10.9 Å². The predicted octanol–water partition coefficient (Wildman–Crippen LogP) is 2.63. The molecule has 3 nitrogen and oxygen atoms in total. The minimum absolute atomic E-state index is 0.675. The molecule has 2 rings (SSSR count). The Morgan fingerprint density at radius 2 is 2.36 bits per heavy atom. The van der Waals surface area contributed by atoms with E-state index >= 15 is 0 Å². The molecule has 0 atom stereocenters. The van der Waals surface area contributed by atoms with Crippen molar-refractivity contribution < 1.29 is 4.79 Å². The van der Waals surface area contributed by atoms with Gasteiger partial charge in [0.2, 0.25) is 0 Å². The number of fused-ring (bicyclic) bond motifs is 1. The van der Waals surface area contributed by atoms with Crippen LogP contribution >= 0.6 is 15.9 Å². The minimum atomic E-state index is 0.675. The van der Waals surface area contributed by atoms with E-state index in [4.69, 9.17) is 0 Å². The van der Waals surface area contributed by atoms with E-state index in [1.54, 1.807) is 6.07 Å². The van der Waals surface area contributed by atoms with Gasteiger partial charge in [-0.25, -0.2) is 0 Å². The maximum atomic E-state index is 10.6. The summed E-state index contributed by atoms with van der Waals surface area (Å²) in [6.45, 7) is 2.86. The van der Waals surface area contributed by atoms with Gasteiger partial charge in [0.05, 0.1) is 5.52 Å². The fourth-order valence-corrected chi connectivity index (χ4v) is 1.98. The largest absolute Gasteiger partial charge is 0.298 e. The van der Waals surface area contributed by atoms with Gasteiger partial charge in [0.15, 0.2) is 0 Å². The second-order valence-electron chi connectivity index (χ2n) is 3.00. The van der Waals surface area contributed by atoms with Crippen molar-refractivity contribution in [2.24, 2.45) is 0 Å². The van der Waals surface area contributed by atoms with Crippen LogP contribution in [-0.2, 0) is 6.54 Å². The first-order chi connectivity index (χ1) is 6.76. The van der Waals surface area contributed by atoms with Crippen molar-refractivity contribution in [1.82, 2.24) is 9.78 Å². The number of aldehydes is 1. The molecule has 2 aromatic rings. The summed E-state index contributed by atoms with van der Waals surface area (Å²) in [4.78, 5) is 10.6. The number of aromatic nitrogens is 2. The van der Waals surface area contributed by atoms with Gasteiger partial charge in [-0.3, -0.25) is 9.48 Å². The van der Waals surface area contributed by atoms with Crippen LogP contribution in [0.1, 0.15) is 17.3 Å². The Bertz CT molecular complexity index is 490. The lowest BCUT2D eigenvalue weighted by Crippen LogP contribution is -1.95. The molecular formula is C10H9BrN2O. The fraction of sp³-hybridized carbons (Fsp3) is 0.200. The molecule has 0 bridgehead atoms. The number of hydrogen-bond donors (Lipinski definition) is 0. The first-order valence-electron chi connectivity index (χ1n) is 4.37. The van der Waals surface area contributed by atoms with Gasteiger partial charge in [0, 0.05) is 17.5 Å². The highest BCUT2D eigenvalue weighted by molar-refractivity contribution is 9.10. The maximum Gasteiger partial charge on any atom is 0.150 e. The van der Waals surface area contributed by atoms with Gasteiger partial charge in [-0.15, -0.1) is 0 Å². The van der Waals surface area contributed by atoms with Crippen LogP contribution in [0.4, 0.5) is 0 Å². The summed E-state index contributed by atoms with van der Waals surface area (Å²) in [6, 6.07) is 5.56. The van der Waals surface area contributed by atoms with Gasteiger partial charge < -0.3 is 0 Å². The van der Waals surface area contributed by atoms with Crippen LogP contribution in [0.3, 0.4) is 0 Å². The third-order valence-electron chi connectivity index (χ3n) is 2.17. The molecule has 0 fully saturated rings. The Morgan fingerprint density at radius 3 is 3.00 bits per heavy atom. The zero-order chi connectivity index (χ0) is 10.1. The molecule has 0 unspecified atom stereocenters. The van der Waals surface area contributed by atoms with Crippen LogP contribution in [0.15, 0.2) is 22.8 Å². The van der Waals surface area contributed by atoms with Crippen molar-refractivity contribution in [3.05, 3.63) is 28.4 Å². The Labute approximate surface area is 89.8 Å². The van der Waals surface area contributed by atoms with Crippen LogP contribution in [-0.4, -0.2) is 16.1 Å². The van der Waals surface area contributed by atoms with E-state index in [1.807, 2.05) is 23.7 Å². The highest BCUT2D eigenvalue weighted by atomic mass is 79.9. The fourth-order valence-electron chi connectivity index (χ4n) is 1.47. The molecule has 1 heterocycles. The van der Waals surface area contributed by atoms with Crippen molar-refractivity contribution >= 4 is 33.1 Å². The SMILES string of the molecule is CCn1nc(Br)c2cc(C=O)ccc21. The van der Waals surface area contributed by atoms with Gasteiger partial charge in [0.25, 0.3) is 0 Å². The van der Waals surface area contributed by atoms with Crippen LogP contribution < -0.4 is 0 Å². The number of benzene rings is 1. The molecule has 0 aliphatic heterocycles. The average Bonchev–Trinajstić information content (AvgIpc) is 2.55. The number of carbonyl (C=O) groups is 1. The smallest absolute Gasteiger partial charge is 0.150 e. The molecule has 0 spiro atoms. The van der Waals surface area contributed by atoms with Gasteiger partial charge >= 0.3 is 0 Å². The second kappa shape index (κ2) is 3.53. The maximum absolute atomic E-state index is 10.6. The summed E-state index contributed by atoms with van der Waals surface area (Å²) in [6.07, 6.45) is 0.842. The normalized spacial score (nSPS) is 10.7. The number of halogens is 1. The van der Waals surface area contributed by atoms with Crippen LogP contribution in [0.25, 0.3) is 10.9 Å². The summed E-state index contributed by atoms with van der Waals surface area (Å²) in [5.74, 6) is 0. The molecule has 14 heavy (non-hydrogen) atoms. The number of carbonyl (C=O) groups excluding carboxylic acids is 1. The Balaban J connectivity index is 2.76. The van der Waals surface area contributed by atoms with Crippen molar-refractivity contribution in [1.29, 1.82) is 0 Å². The number of rotatable bonds is 2. The van der Waals surface area contributed by atoms with E-state index in [0.29, 0.717) is 5.56 Å². The van der Waals surface area contributed by atoms with Crippen molar-refractivity contribution in [2.45, 2.75) is 13.5 Å². The summed E-state index contributed by atoms with van der Waals surface area (Å²) in [7, 11) is 0. The molecule has 1 aromatic heterocycles. The molecule has 0 saturated heterocycles.